The normalized spacial score (nSPS) is 20.8. The topological polar surface area (TPSA) is 95.0 Å². The quantitative estimate of drug-likeness (QED) is 0.541. The van der Waals surface area contributed by atoms with Gasteiger partial charge >= 0.3 is 6.09 Å². The molecule has 1 saturated carbocycles. The number of aryl methyl sites for hydroxylation is 1. The molecule has 2 unspecified atom stereocenters. The van der Waals surface area contributed by atoms with E-state index in [1.54, 1.807) is 18.3 Å². The molecule has 1 aromatic carbocycles. The smallest absolute Gasteiger partial charge is 0.413 e. The Kier molecular flexibility index (Phi) is 6.07. The highest BCUT2D eigenvalue weighted by atomic mass is 35.5. The van der Waals surface area contributed by atoms with E-state index >= 15 is 0 Å². The number of carbonyl (C=O) groups is 1. The summed E-state index contributed by atoms with van der Waals surface area (Å²) in [5, 5.41) is 19.4. The van der Waals surface area contributed by atoms with Gasteiger partial charge in [-0.25, -0.2) is 14.8 Å². The lowest BCUT2D eigenvalue weighted by molar-refractivity contribution is 0.136. The van der Waals surface area contributed by atoms with Crippen molar-refractivity contribution in [1.82, 2.24) is 14.5 Å². The summed E-state index contributed by atoms with van der Waals surface area (Å²) in [4.78, 5) is 22.1. The van der Waals surface area contributed by atoms with Crippen molar-refractivity contribution in [3.05, 3.63) is 52.9 Å². The van der Waals surface area contributed by atoms with Crippen molar-refractivity contribution in [2.24, 2.45) is 11.3 Å². The Labute approximate surface area is 192 Å². The maximum atomic E-state index is 12.0. The zero-order valence-corrected chi connectivity index (χ0v) is 19.0. The van der Waals surface area contributed by atoms with Crippen molar-refractivity contribution in [2.45, 2.75) is 46.1 Å². The summed E-state index contributed by atoms with van der Waals surface area (Å²) < 4.78 is 2.12. The van der Waals surface area contributed by atoms with Gasteiger partial charge in [-0.15, -0.1) is 0 Å². The molecule has 0 spiro atoms. The van der Waals surface area contributed by atoms with Crippen molar-refractivity contribution in [3.63, 3.8) is 0 Å². The van der Waals surface area contributed by atoms with Crippen LogP contribution >= 0.6 is 11.6 Å². The predicted octanol–water partition coefficient (Wildman–Crippen LogP) is 5.65. The first kappa shape index (κ1) is 22.1. The van der Waals surface area contributed by atoms with Gasteiger partial charge in [0.2, 0.25) is 0 Å². The van der Waals surface area contributed by atoms with Gasteiger partial charge in [-0.1, -0.05) is 24.9 Å². The second kappa shape index (κ2) is 8.79. The van der Waals surface area contributed by atoms with E-state index in [-0.39, 0.29) is 11.3 Å². The van der Waals surface area contributed by atoms with E-state index in [0.29, 0.717) is 22.9 Å². The molecule has 1 N–H and O–H groups in total. The average Bonchev–Trinajstić information content (AvgIpc) is 3.13. The molecule has 3 aromatic rings. The number of nitriles is 1. The minimum Gasteiger partial charge on any atom is -0.465 e. The van der Waals surface area contributed by atoms with Gasteiger partial charge in [-0.3, -0.25) is 4.90 Å². The van der Waals surface area contributed by atoms with Crippen molar-refractivity contribution >= 4 is 34.5 Å². The Bertz CT molecular complexity index is 1200. The molecule has 0 radical (unpaired) electrons. The van der Waals surface area contributed by atoms with Crippen LogP contribution in [-0.2, 0) is 6.54 Å². The van der Waals surface area contributed by atoms with Crippen LogP contribution in [0.1, 0.15) is 43.7 Å². The highest BCUT2D eigenvalue weighted by Gasteiger charge is 2.35. The fourth-order valence-corrected chi connectivity index (χ4v) is 5.24. The first-order chi connectivity index (χ1) is 15.3. The fourth-order valence-electron chi connectivity index (χ4n) is 4.92. The Morgan fingerprint density at radius 2 is 2.22 bits per heavy atom. The molecule has 0 saturated heterocycles. The molecular formula is C24H26ClN5O2. The summed E-state index contributed by atoms with van der Waals surface area (Å²) in [6.07, 6.45) is 6.36. The zero-order chi connectivity index (χ0) is 22.9. The highest BCUT2D eigenvalue weighted by molar-refractivity contribution is 6.33. The van der Waals surface area contributed by atoms with Crippen LogP contribution in [0.4, 0.5) is 10.6 Å². The second-order valence-corrected chi connectivity index (χ2v) is 9.58. The molecule has 2 atom stereocenters. The van der Waals surface area contributed by atoms with Gasteiger partial charge in [0.25, 0.3) is 0 Å². The molecule has 1 fully saturated rings. The monoisotopic (exact) mass is 451 g/mol. The molecule has 7 nitrogen and oxygen atoms in total. The number of pyridine rings is 1. The lowest BCUT2D eigenvalue weighted by Crippen LogP contribution is -2.39. The molecule has 0 bridgehead atoms. The van der Waals surface area contributed by atoms with Gasteiger partial charge in [0.1, 0.15) is 0 Å². The summed E-state index contributed by atoms with van der Waals surface area (Å²) in [5.74, 6) is 0.496. The molecule has 2 heterocycles. The van der Waals surface area contributed by atoms with Crippen LogP contribution in [0.3, 0.4) is 0 Å². The molecule has 1 aliphatic rings. The number of carboxylic acid groups (broad SMARTS) is 1. The summed E-state index contributed by atoms with van der Waals surface area (Å²) in [6, 6.07) is 9.47. The van der Waals surface area contributed by atoms with E-state index in [9.17, 15) is 15.2 Å². The van der Waals surface area contributed by atoms with Crippen LogP contribution in [0.5, 0.6) is 0 Å². The van der Waals surface area contributed by atoms with Crippen LogP contribution in [0.15, 0.2) is 36.8 Å². The molecule has 2 aromatic heterocycles. The number of rotatable bonds is 5. The molecule has 1 amide bonds. The molecule has 32 heavy (non-hydrogen) atoms. The Balaban J connectivity index is 1.53. The van der Waals surface area contributed by atoms with Gasteiger partial charge in [0.15, 0.2) is 5.82 Å². The molecular weight excluding hydrogens is 426 g/mol. The minimum atomic E-state index is -1.04. The van der Waals surface area contributed by atoms with Crippen molar-refractivity contribution in [1.29, 1.82) is 5.26 Å². The minimum absolute atomic E-state index is 0.00608. The maximum Gasteiger partial charge on any atom is 0.413 e. The van der Waals surface area contributed by atoms with Crippen molar-refractivity contribution < 1.29 is 9.90 Å². The van der Waals surface area contributed by atoms with Gasteiger partial charge in [-0.2, -0.15) is 5.26 Å². The number of aromatic nitrogens is 3. The second-order valence-electron chi connectivity index (χ2n) is 9.17. The van der Waals surface area contributed by atoms with Crippen LogP contribution in [0.2, 0.25) is 5.02 Å². The largest absolute Gasteiger partial charge is 0.465 e. The summed E-state index contributed by atoms with van der Waals surface area (Å²) >= 11 is 6.32. The Hall–Kier alpha value is -3.11. The van der Waals surface area contributed by atoms with Crippen LogP contribution in [-0.4, -0.2) is 32.3 Å². The van der Waals surface area contributed by atoms with Crippen LogP contribution in [0, 0.1) is 29.6 Å². The van der Waals surface area contributed by atoms with Gasteiger partial charge in [0.05, 0.1) is 34.0 Å². The van der Waals surface area contributed by atoms with E-state index in [1.807, 2.05) is 25.4 Å². The average molecular weight is 452 g/mol. The standard InChI is InChI=1S/C24H26ClN5O2/c1-16-8-19(25)22(27-12-16)30(23(31)32)13-18-4-3-7-24(2,10-18)14-29-15-28-20-6-5-17(11-26)9-21(20)29/h5-6,8-9,12,15,18H,3-4,7,10,13-14H2,1-2H3,(H,31,32). The van der Waals surface area contributed by atoms with Crippen molar-refractivity contribution in [3.8, 4) is 6.07 Å². The van der Waals surface area contributed by atoms with Gasteiger partial charge < -0.3 is 9.67 Å². The number of nitrogens with zero attached hydrogens (tertiary/aromatic N) is 5. The SMILES string of the molecule is Cc1cnc(N(CC2CCCC(C)(Cn3cnc4ccc(C#N)cc43)C2)C(=O)O)c(Cl)c1. The van der Waals surface area contributed by atoms with Crippen molar-refractivity contribution in [2.75, 3.05) is 11.4 Å². The first-order valence-corrected chi connectivity index (χ1v) is 11.1. The maximum absolute atomic E-state index is 12.0. The van der Waals surface area contributed by atoms with Crippen LogP contribution < -0.4 is 4.90 Å². The molecule has 0 aliphatic heterocycles. The third-order valence-electron chi connectivity index (χ3n) is 6.36. The zero-order valence-electron chi connectivity index (χ0n) is 18.3. The summed E-state index contributed by atoms with van der Waals surface area (Å²) in [7, 11) is 0. The third kappa shape index (κ3) is 4.56. The van der Waals surface area contributed by atoms with E-state index in [4.69, 9.17) is 11.6 Å². The van der Waals surface area contributed by atoms with E-state index < -0.39 is 6.09 Å². The summed E-state index contributed by atoms with van der Waals surface area (Å²) in [6.45, 7) is 5.26. The number of amides is 1. The number of benzene rings is 1. The summed E-state index contributed by atoms with van der Waals surface area (Å²) in [5.41, 5.74) is 3.33. The van der Waals surface area contributed by atoms with E-state index in [0.717, 1.165) is 48.8 Å². The molecule has 8 heteroatoms. The Morgan fingerprint density at radius 1 is 1.41 bits per heavy atom. The Morgan fingerprint density at radius 3 is 2.94 bits per heavy atom. The van der Waals surface area contributed by atoms with Gasteiger partial charge in [-0.05, 0) is 67.3 Å². The number of halogens is 1. The van der Waals surface area contributed by atoms with Gasteiger partial charge in [0, 0.05) is 19.3 Å². The number of hydrogen-bond donors (Lipinski definition) is 1. The fraction of sp³-hybridized carbons (Fsp3) is 0.417. The number of hydrogen-bond acceptors (Lipinski definition) is 4. The highest BCUT2D eigenvalue weighted by Crippen LogP contribution is 2.42. The predicted molar refractivity (Wildman–Crippen MR) is 124 cm³/mol. The van der Waals surface area contributed by atoms with E-state index in [2.05, 4.69) is 27.5 Å². The number of anilines is 1. The lowest BCUT2D eigenvalue weighted by atomic mass is 9.70. The first-order valence-electron chi connectivity index (χ1n) is 10.8. The number of imidazole rings is 1. The molecule has 166 valence electrons. The molecule has 1 aliphatic carbocycles. The third-order valence-corrected chi connectivity index (χ3v) is 6.64. The van der Waals surface area contributed by atoms with E-state index in [1.165, 1.54) is 4.90 Å². The lowest BCUT2D eigenvalue weighted by Gasteiger charge is -2.40. The number of fused-ring (bicyclic) bond motifs is 1. The van der Waals surface area contributed by atoms with Crippen LogP contribution in [0.25, 0.3) is 11.0 Å². The molecule has 4 rings (SSSR count).